The van der Waals surface area contributed by atoms with Gasteiger partial charge in [0.15, 0.2) is 0 Å². The molecule has 0 amide bonds. The molecule has 0 aliphatic rings. The van der Waals surface area contributed by atoms with E-state index in [1.165, 1.54) is 66.8 Å². The van der Waals surface area contributed by atoms with Crippen molar-refractivity contribution in [1.29, 1.82) is 0 Å². The van der Waals surface area contributed by atoms with Crippen molar-refractivity contribution in [3.8, 4) is 33.8 Å². The van der Waals surface area contributed by atoms with Gasteiger partial charge in [-0.05, 0) is 132 Å². The lowest BCUT2D eigenvalue weighted by molar-refractivity contribution is 0.735. The molecule has 3 heterocycles. The van der Waals surface area contributed by atoms with Crippen LogP contribution in [0.25, 0.3) is 33.8 Å². The molecule has 6 aromatic rings. The van der Waals surface area contributed by atoms with E-state index < -0.39 is 6.55 Å². The average Bonchev–Trinajstić information content (AvgIpc) is 3.69. The summed E-state index contributed by atoms with van der Waals surface area (Å²) in [5, 5.41) is 15.7. The maximum absolute atomic E-state index is 5.24. The van der Waals surface area contributed by atoms with E-state index in [0.717, 1.165) is 17.1 Å². The Kier molecular flexibility index (Phi) is 7.23. The van der Waals surface area contributed by atoms with Crippen LogP contribution in [0.5, 0.6) is 0 Å². The molecule has 6 nitrogen and oxygen atoms in total. The van der Waals surface area contributed by atoms with Crippen LogP contribution in [0, 0.1) is 62.3 Å². The van der Waals surface area contributed by atoms with Gasteiger partial charge in [-0.25, -0.2) is 15.3 Å². The fourth-order valence-electron chi connectivity index (χ4n) is 7.35. The van der Waals surface area contributed by atoms with Crippen molar-refractivity contribution in [2.45, 2.75) is 69.1 Å². The van der Waals surface area contributed by atoms with Crippen molar-refractivity contribution in [2.75, 3.05) is 0 Å². The molecule has 0 spiro atoms. The second-order valence-corrected chi connectivity index (χ2v) is 13.0. The van der Waals surface area contributed by atoms with Gasteiger partial charge in [-0.3, -0.25) is 0 Å². The number of rotatable bonds is 6. The molecule has 44 heavy (non-hydrogen) atoms. The molecule has 0 N–H and O–H groups in total. The van der Waals surface area contributed by atoms with Gasteiger partial charge in [0.2, 0.25) is 0 Å². The Morgan fingerprint density at radius 1 is 0.409 bits per heavy atom. The highest BCUT2D eigenvalue weighted by Crippen LogP contribution is 2.32. The van der Waals surface area contributed by atoms with Gasteiger partial charge < -0.3 is 13.8 Å². The number of aryl methyl sites for hydroxylation is 9. The number of hydrogen-bond acceptors (Lipinski definition) is 3. The molecule has 0 radical (unpaired) electrons. The van der Waals surface area contributed by atoms with Crippen molar-refractivity contribution < 1.29 is 0 Å². The van der Waals surface area contributed by atoms with Crippen LogP contribution in [0.15, 0.2) is 73.2 Å². The third-order valence-electron chi connectivity index (χ3n) is 9.13. The van der Waals surface area contributed by atoms with Crippen LogP contribution in [-0.2, 0) is 0 Å². The van der Waals surface area contributed by atoms with E-state index in [0.29, 0.717) is 0 Å². The maximum atomic E-state index is 5.24. The summed E-state index contributed by atoms with van der Waals surface area (Å²) in [7, 11) is 0. The lowest BCUT2D eigenvalue weighted by atomic mass is 9.63. The second-order valence-electron chi connectivity index (χ2n) is 13.0. The van der Waals surface area contributed by atoms with Gasteiger partial charge in [-0.1, -0.05) is 53.1 Å². The fraction of sp³-hybridized carbons (Fsp3) is 0.270. The van der Waals surface area contributed by atoms with Gasteiger partial charge >= 0.3 is 6.55 Å². The Balaban J connectivity index is 1.53. The topological polar surface area (TPSA) is 53.5 Å². The smallest absolute Gasteiger partial charge is 0.337 e. The maximum Gasteiger partial charge on any atom is 0.337 e. The highest BCUT2D eigenvalue weighted by Gasteiger charge is 2.31. The molecule has 0 saturated heterocycles. The molecule has 7 heteroatoms. The van der Waals surface area contributed by atoms with Crippen molar-refractivity contribution in [1.82, 2.24) is 29.1 Å². The fourth-order valence-corrected chi connectivity index (χ4v) is 7.35. The van der Waals surface area contributed by atoms with Crippen LogP contribution in [0.1, 0.15) is 50.1 Å². The monoisotopic (exact) mass is 581 g/mol. The molecular weight excluding hydrogens is 539 g/mol. The number of hydrogen-bond donors (Lipinski definition) is 0. The van der Waals surface area contributed by atoms with E-state index >= 15 is 0 Å². The Morgan fingerprint density at radius 3 is 0.864 bits per heavy atom. The van der Waals surface area contributed by atoms with Gasteiger partial charge in [0.1, 0.15) is 0 Å². The molecule has 6 rings (SSSR count). The second kappa shape index (κ2) is 10.8. The summed E-state index contributed by atoms with van der Waals surface area (Å²) >= 11 is 0. The Bertz CT molecular complexity index is 1740. The Hall–Kier alpha value is -4.65. The van der Waals surface area contributed by atoms with E-state index in [9.17, 15) is 0 Å². The first-order valence-corrected chi connectivity index (χ1v) is 15.5. The quantitative estimate of drug-likeness (QED) is 0.185. The first-order valence-electron chi connectivity index (χ1n) is 15.5. The van der Waals surface area contributed by atoms with Crippen molar-refractivity contribution >= 4 is 6.55 Å². The normalized spacial score (nSPS) is 11.9. The molecule has 0 aliphatic carbocycles. The summed E-state index contributed by atoms with van der Waals surface area (Å²) in [6, 6.07) is 19.7. The van der Waals surface area contributed by atoms with Gasteiger partial charge in [0.25, 0.3) is 0 Å². The predicted molar refractivity (Wildman–Crippen MR) is 183 cm³/mol. The van der Waals surface area contributed by atoms with Crippen LogP contribution >= 0.6 is 0 Å². The molecular formula is C37H42BN6-. The van der Waals surface area contributed by atoms with Crippen LogP contribution in [0.2, 0.25) is 6.82 Å². The molecule has 0 saturated carbocycles. The van der Waals surface area contributed by atoms with Crippen LogP contribution < -0.4 is 0 Å². The van der Waals surface area contributed by atoms with E-state index in [4.69, 9.17) is 15.3 Å². The largest absolute Gasteiger partial charge is 0.400 e. The van der Waals surface area contributed by atoms with Crippen molar-refractivity contribution in [3.05, 3.63) is 123 Å². The highest BCUT2D eigenvalue weighted by atomic mass is 15.5. The molecule has 0 fully saturated rings. The van der Waals surface area contributed by atoms with Gasteiger partial charge in [-0.15, -0.1) is 6.82 Å². The molecule has 0 bridgehead atoms. The molecule has 0 aliphatic heterocycles. The summed E-state index contributed by atoms with van der Waals surface area (Å²) in [5.74, 6) is 0. The summed E-state index contributed by atoms with van der Waals surface area (Å²) in [5.41, 5.74) is 17.5. The average molecular weight is 582 g/mol. The predicted octanol–water partition coefficient (Wildman–Crippen LogP) is 8.57. The molecule has 3 aromatic heterocycles. The molecule has 224 valence electrons. The summed E-state index contributed by atoms with van der Waals surface area (Å²) in [6.45, 7) is 19.8. The Labute approximate surface area is 261 Å². The van der Waals surface area contributed by atoms with Crippen LogP contribution in [0.3, 0.4) is 0 Å². The number of benzene rings is 3. The van der Waals surface area contributed by atoms with Gasteiger partial charge in [-0.2, -0.15) is 0 Å². The standard InChI is InChI=1S/C37H42BN6/c1-23-17-26(4)35(27(5)18-23)32-11-14-42(39-32)38(10,43-15-12-33(40-43)36-28(6)19-24(2)20-29(36)7)44-16-13-34(41-44)37-30(8)21-25(3)22-31(37)9/h11-22H,1-10H3/q-1. The van der Waals surface area contributed by atoms with Gasteiger partial charge in [0, 0.05) is 16.7 Å². The lowest BCUT2D eigenvalue weighted by Gasteiger charge is -2.38. The zero-order valence-electron chi connectivity index (χ0n) is 27.7. The van der Waals surface area contributed by atoms with Crippen molar-refractivity contribution in [3.63, 3.8) is 0 Å². The minimum Gasteiger partial charge on any atom is -0.400 e. The van der Waals surface area contributed by atoms with E-state index in [-0.39, 0.29) is 0 Å². The zero-order chi connectivity index (χ0) is 31.5. The van der Waals surface area contributed by atoms with E-state index in [2.05, 4.69) is 142 Å². The van der Waals surface area contributed by atoms with Crippen LogP contribution in [-0.4, -0.2) is 35.6 Å². The highest BCUT2D eigenvalue weighted by molar-refractivity contribution is 6.73. The van der Waals surface area contributed by atoms with E-state index in [1.807, 2.05) is 13.8 Å². The first kappa shape index (κ1) is 29.4. The minimum atomic E-state index is -1.82. The lowest BCUT2D eigenvalue weighted by Crippen LogP contribution is -2.56. The summed E-state index contributed by atoms with van der Waals surface area (Å²) in [6.07, 6.45) is 6.21. The first-order chi connectivity index (χ1) is 20.9. The van der Waals surface area contributed by atoms with Crippen LogP contribution in [0.4, 0.5) is 0 Å². The third kappa shape index (κ3) is 4.90. The summed E-state index contributed by atoms with van der Waals surface area (Å²) in [4.78, 5) is 0. The molecule has 3 aromatic carbocycles. The summed E-state index contributed by atoms with van der Waals surface area (Å²) < 4.78 is 6.14. The van der Waals surface area contributed by atoms with Gasteiger partial charge in [0.05, 0.1) is 17.1 Å². The third-order valence-corrected chi connectivity index (χ3v) is 9.13. The Morgan fingerprint density at radius 2 is 0.636 bits per heavy atom. The molecule has 0 atom stereocenters. The molecule has 0 unspecified atom stereocenters. The SMILES string of the molecule is Cc1cc(C)c(-c2ccn([B-](C)(n3ccc(-c4c(C)cc(C)cc4C)n3)n3ccc(-c4c(C)cc(C)cc4C)n3)n2)c(C)c1. The number of aromatic nitrogens is 6. The van der Waals surface area contributed by atoms with E-state index in [1.54, 1.807) is 0 Å². The van der Waals surface area contributed by atoms with Crippen molar-refractivity contribution in [2.24, 2.45) is 0 Å². The number of nitrogens with zero attached hydrogens (tertiary/aromatic N) is 6. The minimum absolute atomic E-state index is 0.948. The zero-order valence-corrected chi connectivity index (χ0v) is 27.7.